The van der Waals surface area contributed by atoms with Crippen molar-refractivity contribution in [2.24, 2.45) is 14.1 Å². The number of fused-ring (bicyclic) bond motifs is 1. The molecule has 0 saturated carbocycles. The van der Waals surface area contributed by atoms with E-state index in [9.17, 15) is 14.4 Å². The zero-order valence-corrected chi connectivity index (χ0v) is 17.2. The van der Waals surface area contributed by atoms with Crippen LogP contribution in [-0.4, -0.2) is 34.8 Å². The Morgan fingerprint density at radius 1 is 1.07 bits per heavy atom. The summed E-state index contributed by atoms with van der Waals surface area (Å²) < 4.78 is 3.68. The number of anilines is 1. The Morgan fingerprint density at radius 3 is 2.60 bits per heavy atom. The number of benzene rings is 1. The maximum Gasteiger partial charge on any atom is 0.332 e. The minimum atomic E-state index is -0.502. The third-order valence-electron chi connectivity index (χ3n) is 4.71. The SMILES string of the molecule is Cn1c(=O)c2c(ncn2CC(=O)Nc2nnc(CCc3ccccc3)s2)n(C)c1=O. The molecule has 30 heavy (non-hydrogen) atoms. The van der Waals surface area contributed by atoms with E-state index in [1.165, 1.54) is 46.5 Å². The molecule has 0 aliphatic rings. The lowest BCUT2D eigenvalue weighted by Crippen LogP contribution is -2.37. The van der Waals surface area contributed by atoms with Gasteiger partial charge in [-0.2, -0.15) is 0 Å². The molecule has 0 spiro atoms. The lowest BCUT2D eigenvalue weighted by atomic mass is 10.1. The molecule has 1 N–H and O–H groups in total. The smallest absolute Gasteiger partial charge is 0.315 e. The van der Waals surface area contributed by atoms with Crippen molar-refractivity contribution in [3.05, 3.63) is 68.1 Å². The zero-order chi connectivity index (χ0) is 21.3. The van der Waals surface area contributed by atoms with E-state index >= 15 is 0 Å². The minimum Gasteiger partial charge on any atom is -0.315 e. The molecule has 154 valence electrons. The molecule has 0 fully saturated rings. The van der Waals surface area contributed by atoms with E-state index in [1.807, 2.05) is 18.2 Å². The van der Waals surface area contributed by atoms with Crippen molar-refractivity contribution < 1.29 is 4.79 Å². The van der Waals surface area contributed by atoms with Gasteiger partial charge in [-0.1, -0.05) is 41.7 Å². The van der Waals surface area contributed by atoms with E-state index in [1.54, 1.807) is 0 Å². The number of rotatable bonds is 6. The van der Waals surface area contributed by atoms with Crippen LogP contribution in [0.5, 0.6) is 0 Å². The standard InChI is InChI=1S/C19H19N7O3S/c1-24-16-15(17(28)25(2)19(24)29)26(11-20-16)10-13(27)21-18-23-22-14(30-18)9-8-12-6-4-3-5-7-12/h3-7,11H,8-10H2,1-2H3,(H,21,23,27). The fraction of sp³-hybridized carbons (Fsp3) is 0.263. The van der Waals surface area contributed by atoms with Crippen LogP contribution in [0.1, 0.15) is 10.6 Å². The van der Waals surface area contributed by atoms with Gasteiger partial charge in [0, 0.05) is 20.5 Å². The first-order valence-corrected chi connectivity index (χ1v) is 10.0. The van der Waals surface area contributed by atoms with Gasteiger partial charge in [0.2, 0.25) is 11.0 Å². The number of nitrogens with zero attached hydrogens (tertiary/aromatic N) is 6. The fourth-order valence-electron chi connectivity index (χ4n) is 3.13. The minimum absolute atomic E-state index is 0.136. The number of nitrogens with one attached hydrogen (secondary N) is 1. The number of hydrogen-bond acceptors (Lipinski definition) is 7. The monoisotopic (exact) mass is 425 g/mol. The Kier molecular flexibility index (Phi) is 5.27. The van der Waals surface area contributed by atoms with Gasteiger partial charge in [-0.15, -0.1) is 10.2 Å². The molecule has 0 aliphatic heterocycles. The Morgan fingerprint density at radius 2 is 1.83 bits per heavy atom. The molecule has 4 aromatic rings. The summed E-state index contributed by atoms with van der Waals surface area (Å²) in [4.78, 5) is 41.0. The number of aromatic nitrogens is 6. The van der Waals surface area contributed by atoms with E-state index < -0.39 is 11.2 Å². The topological polar surface area (TPSA) is 117 Å². The van der Waals surface area contributed by atoms with Crippen molar-refractivity contribution >= 4 is 33.5 Å². The molecule has 0 bridgehead atoms. The van der Waals surface area contributed by atoms with Gasteiger partial charge in [0.05, 0.1) is 6.33 Å². The third kappa shape index (κ3) is 3.79. The van der Waals surface area contributed by atoms with Crippen LogP contribution in [0.4, 0.5) is 5.13 Å². The average molecular weight is 425 g/mol. The molecule has 0 radical (unpaired) electrons. The van der Waals surface area contributed by atoms with Crippen LogP contribution in [0.15, 0.2) is 46.2 Å². The highest BCUT2D eigenvalue weighted by Gasteiger charge is 2.16. The van der Waals surface area contributed by atoms with Crippen molar-refractivity contribution in [3.8, 4) is 0 Å². The number of imidazole rings is 1. The lowest BCUT2D eigenvalue weighted by Gasteiger charge is -2.06. The van der Waals surface area contributed by atoms with E-state index in [2.05, 4.69) is 32.6 Å². The van der Waals surface area contributed by atoms with Crippen molar-refractivity contribution in [2.45, 2.75) is 19.4 Å². The van der Waals surface area contributed by atoms with Crippen LogP contribution in [0.25, 0.3) is 11.2 Å². The van der Waals surface area contributed by atoms with Crippen LogP contribution in [0.2, 0.25) is 0 Å². The van der Waals surface area contributed by atoms with Gasteiger partial charge in [0.25, 0.3) is 5.56 Å². The highest BCUT2D eigenvalue weighted by molar-refractivity contribution is 7.15. The maximum atomic E-state index is 12.5. The number of carbonyl (C=O) groups excluding carboxylic acids is 1. The van der Waals surface area contributed by atoms with Gasteiger partial charge in [-0.25, -0.2) is 9.78 Å². The lowest BCUT2D eigenvalue weighted by molar-refractivity contribution is -0.116. The molecule has 0 atom stereocenters. The van der Waals surface area contributed by atoms with Crippen LogP contribution in [0.3, 0.4) is 0 Å². The van der Waals surface area contributed by atoms with Crippen LogP contribution >= 0.6 is 11.3 Å². The molecule has 10 nitrogen and oxygen atoms in total. The summed E-state index contributed by atoms with van der Waals surface area (Å²) in [6, 6.07) is 10.1. The Labute approximate surface area is 174 Å². The summed E-state index contributed by atoms with van der Waals surface area (Å²) in [5, 5.41) is 12.1. The number of hydrogen-bond donors (Lipinski definition) is 1. The number of aryl methyl sites for hydroxylation is 3. The van der Waals surface area contributed by atoms with Gasteiger partial charge >= 0.3 is 5.69 Å². The molecule has 1 amide bonds. The van der Waals surface area contributed by atoms with Crippen LogP contribution in [0, 0.1) is 0 Å². The quantitative estimate of drug-likeness (QED) is 0.486. The first-order valence-electron chi connectivity index (χ1n) is 9.21. The van der Waals surface area contributed by atoms with Crippen molar-refractivity contribution in [1.29, 1.82) is 0 Å². The molecule has 0 aliphatic carbocycles. The molecule has 4 rings (SSSR count). The van der Waals surface area contributed by atoms with Gasteiger partial charge in [0.1, 0.15) is 11.6 Å². The summed E-state index contributed by atoms with van der Waals surface area (Å²) in [7, 11) is 2.92. The molecular formula is C19H19N7O3S. The summed E-state index contributed by atoms with van der Waals surface area (Å²) in [5.74, 6) is -0.365. The molecule has 11 heteroatoms. The zero-order valence-electron chi connectivity index (χ0n) is 16.4. The first-order chi connectivity index (χ1) is 14.4. The largest absolute Gasteiger partial charge is 0.332 e. The summed E-state index contributed by atoms with van der Waals surface area (Å²) >= 11 is 1.32. The number of carbonyl (C=O) groups is 1. The first kappa shape index (κ1) is 19.7. The van der Waals surface area contributed by atoms with Crippen molar-refractivity contribution in [1.82, 2.24) is 28.9 Å². The second kappa shape index (κ2) is 8.03. The molecule has 1 aromatic carbocycles. The van der Waals surface area contributed by atoms with Gasteiger partial charge in [0.15, 0.2) is 11.2 Å². The van der Waals surface area contributed by atoms with Crippen LogP contribution < -0.4 is 16.6 Å². The average Bonchev–Trinajstić information content (AvgIpc) is 3.37. The van der Waals surface area contributed by atoms with Crippen molar-refractivity contribution in [3.63, 3.8) is 0 Å². The highest BCUT2D eigenvalue weighted by Crippen LogP contribution is 2.17. The normalized spacial score (nSPS) is 11.1. The Balaban J connectivity index is 1.45. The summed E-state index contributed by atoms with van der Waals surface area (Å²) in [6.07, 6.45) is 2.94. The van der Waals surface area contributed by atoms with E-state index in [-0.39, 0.29) is 23.6 Å². The molecule has 0 saturated heterocycles. The van der Waals surface area contributed by atoms with Crippen molar-refractivity contribution in [2.75, 3.05) is 5.32 Å². The predicted molar refractivity (Wildman–Crippen MR) is 113 cm³/mol. The van der Waals surface area contributed by atoms with Gasteiger partial charge in [-0.3, -0.25) is 24.0 Å². The number of amides is 1. The molecular weight excluding hydrogens is 406 g/mol. The molecule has 3 aromatic heterocycles. The second-order valence-corrected chi connectivity index (χ2v) is 7.85. The van der Waals surface area contributed by atoms with E-state index in [0.717, 1.165) is 22.4 Å². The maximum absolute atomic E-state index is 12.5. The van der Waals surface area contributed by atoms with Gasteiger partial charge < -0.3 is 4.57 Å². The Bertz CT molecular complexity index is 1330. The third-order valence-corrected chi connectivity index (χ3v) is 5.61. The predicted octanol–water partition coefficient (Wildman–Crippen LogP) is 0.709. The molecule has 3 heterocycles. The Hall–Kier alpha value is -3.60. The summed E-state index contributed by atoms with van der Waals surface area (Å²) in [6.45, 7) is -0.136. The van der Waals surface area contributed by atoms with E-state index in [4.69, 9.17) is 0 Å². The van der Waals surface area contributed by atoms with Gasteiger partial charge in [-0.05, 0) is 12.0 Å². The highest BCUT2D eigenvalue weighted by atomic mass is 32.1. The van der Waals surface area contributed by atoms with E-state index in [0.29, 0.717) is 5.13 Å². The summed E-state index contributed by atoms with van der Waals surface area (Å²) in [5.41, 5.74) is 0.656. The van der Waals surface area contributed by atoms with Crippen LogP contribution in [-0.2, 0) is 38.3 Å². The second-order valence-electron chi connectivity index (χ2n) is 6.79. The molecule has 0 unspecified atom stereocenters. The fourth-order valence-corrected chi connectivity index (χ4v) is 3.89.